The third-order valence-electron chi connectivity index (χ3n) is 3.46. The number of methoxy groups -OCH3 is 1. The molecule has 1 atom stereocenters. The molecular weight excluding hydrogens is 306 g/mol. The molecule has 1 unspecified atom stereocenters. The number of carbonyl (C=O) groups is 1. The first-order valence-electron chi connectivity index (χ1n) is 7.62. The van der Waals surface area contributed by atoms with Crippen molar-refractivity contribution in [3.05, 3.63) is 65.7 Å². The van der Waals surface area contributed by atoms with Crippen LogP contribution in [0.3, 0.4) is 0 Å². The third-order valence-corrected chi connectivity index (χ3v) is 3.46. The van der Waals surface area contributed by atoms with Gasteiger partial charge in [-0.15, -0.1) is 0 Å². The normalized spacial score (nSPS) is 12.5. The summed E-state index contributed by atoms with van der Waals surface area (Å²) < 4.78 is 4.87. The van der Waals surface area contributed by atoms with Crippen molar-refractivity contribution in [1.82, 2.24) is 0 Å². The number of benzene rings is 2. The number of nitrogens with one attached hydrogen (secondary N) is 1. The third kappa shape index (κ3) is 4.94. The van der Waals surface area contributed by atoms with E-state index in [4.69, 9.17) is 9.84 Å². The number of aliphatic hydroxyl groups is 2. The van der Waals surface area contributed by atoms with E-state index < -0.39 is 12.1 Å². The van der Waals surface area contributed by atoms with Crippen molar-refractivity contribution in [2.45, 2.75) is 6.10 Å². The summed E-state index contributed by atoms with van der Waals surface area (Å²) >= 11 is 0. The highest BCUT2D eigenvalue weighted by Gasteiger charge is 2.12. The van der Waals surface area contributed by atoms with E-state index in [1.807, 2.05) is 54.6 Å². The molecule has 5 nitrogen and oxygen atoms in total. The number of rotatable bonds is 7. The van der Waals surface area contributed by atoms with Gasteiger partial charge >= 0.3 is 5.97 Å². The molecule has 0 saturated heterocycles. The van der Waals surface area contributed by atoms with Gasteiger partial charge in [-0.2, -0.15) is 0 Å². The Morgan fingerprint density at radius 3 is 2.42 bits per heavy atom. The van der Waals surface area contributed by atoms with Crippen LogP contribution in [-0.4, -0.2) is 42.5 Å². The van der Waals surface area contributed by atoms with Gasteiger partial charge in [0.1, 0.15) is 0 Å². The van der Waals surface area contributed by atoms with Gasteiger partial charge < -0.3 is 20.3 Å². The highest BCUT2D eigenvalue weighted by atomic mass is 16.5. The second-order valence-electron chi connectivity index (χ2n) is 5.25. The quantitative estimate of drug-likeness (QED) is 0.413. The van der Waals surface area contributed by atoms with Crippen LogP contribution in [0.15, 0.2) is 54.6 Å². The summed E-state index contributed by atoms with van der Waals surface area (Å²) in [6.07, 6.45) is 0.974. The Balaban J connectivity index is 2.19. The monoisotopic (exact) mass is 327 g/mol. The number of hydrogen-bond acceptors (Lipinski definition) is 5. The summed E-state index contributed by atoms with van der Waals surface area (Å²) in [7, 11) is 1.36. The van der Waals surface area contributed by atoms with Crippen molar-refractivity contribution in [3.63, 3.8) is 0 Å². The van der Waals surface area contributed by atoms with Gasteiger partial charge in [0.25, 0.3) is 0 Å². The van der Waals surface area contributed by atoms with Gasteiger partial charge in [-0.3, -0.25) is 0 Å². The summed E-state index contributed by atoms with van der Waals surface area (Å²) in [4.78, 5) is 12.0. The van der Waals surface area contributed by atoms with Crippen molar-refractivity contribution >= 4 is 23.3 Å². The molecule has 0 fully saturated rings. The van der Waals surface area contributed by atoms with E-state index in [0.717, 1.165) is 16.8 Å². The van der Waals surface area contributed by atoms with Crippen molar-refractivity contribution in [2.24, 2.45) is 0 Å². The fourth-order valence-corrected chi connectivity index (χ4v) is 2.15. The van der Waals surface area contributed by atoms with Gasteiger partial charge in [0.15, 0.2) is 0 Å². The molecule has 0 spiro atoms. The molecule has 3 N–H and O–H groups in total. The van der Waals surface area contributed by atoms with E-state index in [1.165, 1.54) is 7.11 Å². The lowest BCUT2D eigenvalue weighted by atomic mass is 10.0. The lowest BCUT2D eigenvalue weighted by Gasteiger charge is -2.10. The summed E-state index contributed by atoms with van der Waals surface area (Å²) in [6.45, 7) is -0.0174. The Hall–Kier alpha value is -2.63. The molecule has 24 heavy (non-hydrogen) atoms. The molecule has 0 heterocycles. The fourth-order valence-electron chi connectivity index (χ4n) is 2.15. The first kappa shape index (κ1) is 17.7. The Labute approximate surface area is 141 Å². The predicted octanol–water partition coefficient (Wildman–Crippen LogP) is 2.17. The van der Waals surface area contributed by atoms with Crippen LogP contribution < -0.4 is 5.32 Å². The maximum atomic E-state index is 12.0. The minimum atomic E-state index is -0.798. The molecule has 0 radical (unpaired) electrons. The van der Waals surface area contributed by atoms with Crippen LogP contribution >= 0.6 is 0 Å². The van der Waals surface area contributed by atoms with E-state index in [-0.39, 0.29) is 13.2 Å². The number of hydrogen-bond donors (Lipinski definition) is 3. The van der Waals surface area contributed by atoms with E-state index in [9.17, 15) is 9.90 Å². The molecule has 0 aliphatic carbocycles. The summed E-state index contributed by atoms with van der Waals surface area (Å²) in [5, 5.41) is 21.2. The van der Waals surface area contributed by atoms with E-state index in [0.29, 0.717) is 5.57 Å². The first-order chi connectivity index (χ1) is 11.6. The van der Waals surface area contributed by atoms with Gasteiger partial charge in [-0.25, -0.2) is 4.79 Å². The van der Waals surface area contributed by atoms with E-state index >= 15 is 0 Å². The molecule has 0 aliphatic heterocycles. The molecule has 126 valence electrons. The second kappa shape index (κ2) is 8.86. The zero-order valence-corrected chi connectivity index (χ0v) is 13.5. The van der Waals surface area contributed by atoms with Gasteiger partial charge in [0.05, 0.1) is 25.4 Å². The van der Waals surface area contributed by atoms with Crippen molar-refractivity contribution < 1.29 is 19.7 Å². The number of carbonyl (C=O) groups excluding carboxylic acids is 1. The molecule has 0 aliphatic rings. The summed E-state index contributed by atoms with van der Waals surface area (Å²) in [6, 6.07) is 16.7. The van der Waals surface area contributed by atoms with Crippen LogP contribution in [-0.2, 0) is 9.53 Å². The molecule has 2 rings (SSSR count). The molecule has 2 aromatic rings. The lowest BCUT2D eigenvalue weighted by molar-refractivity contribution is -0.133. The Morgan fingerprint density at radius 2 is 1.83 bits per heavy atom. The maximum absolute atomic E-state index is 12.0. The van der Waals surface area contributed by atoms with Crippen LogP contribution in [0.5, 0.6) is 0 Å². The van der Waals surface area contributed by atoms with Gasteiger partial charge in [0, 0.05) is 12.2 Å². The lowest BCUT2D eigenvalue weighted by Crippen LogP contribution is -2.22. The Bertz CT molecular complexity index is 680. The molecule has 0 amide bonds. The molecule has 5 heteroatoms. The van der Waals surface area contributed by atoms with Crippen molar-refractivity contribution in [3.8, 4) is 0 Å². The number of anilines is 1. The van der Waals surface area contributed by atoms with Crippen molar-refractivity contribution in [1.29, 1.82) is 0 Å². The smallest absolute Gasteiger partial charge is 0.338 e. The molecular formula is C19H21NO4. The first-order valence-corrected chi connectivity index (χ1v) is 7.62. The average Bonchev–Trinajstić information content (AvgIpc) is 2.65. The molecule has 0 aromatic heterocycles. The molecule has 0 saturated carbocycles. The topological polar surface area (TPSA) is 78.8 Å². The fraction of sp³-hybridized carbons (Fsp3) is 0.211. The van der Waals surface area contributed by atoms with Crippen LogP contribution in [0, 0.1) is 0 Å². The molecule has 0 bridgehead atoms. The SMILES string of the molecule is COC(=O)C(=Cc1ccc(NCC(O)CO)cc1)c1ccccc1. The number of ether oxygens (including phenoxy) is 1. The van der Waals surface area contributed by atoms with Crippen molar-refractivity contribution in [2.75, 3.05) is 25.6 Å². The second-order valence-corrected chi connectivity index (χ2v) is 5.25. The van der Waals surface area contributed by atoms with Crippen LogP contribution in [0.1, 0.15) is 11.1 Å². The maximum Gasteiger partial charge on any atom is 0.338 e. The van der Waals surface area contributed by atoms with Gasteiger partial charge in [0.2, 0.25) is 0 Å². The zero-order chi connectivity index (χ0) is 17.4. The standard InChI is InChI=1S/C19H21NO4/c1-24-19(23)18(15-5-3-2-4-6-15)11-14-7-9-16(10-8-14)20-12-17(22)13-21/h2-11,17,20-22H,12-13H2,1H3. The minimum Gasteiger partial charge on any atom is -0.465 e. The summed E-state index contributed by atoms with van der Waals surface area (Å²) in [5.41, 5.74) is 2.94. The highest BCUT2D eigenvalue weighted by Crippen LogP contribution is 2.20. The minimum absolute atomic E-state index is 0.267. The van der Waals surface area contributed by atoms with E-state index in [1.54, 1.807) is 6.08 Å². The van der Waals surface area contributed by atoms with Crippen LogP contribution in [0.4, 0.5) is 5.69 Å². The van der Waals surface area contributed by atoms with Crippen LogP contribution in [0.2, 0.25) is 0 Å². The molecule has 2 aromatic carbocycles. The van der Waals surface area contributed by atoms with E-state index in [2.05, 4.69) is 5.32 Å². The largest absolute Gasteiger partial charge is 0.465 e. The zero-order valence-electron chi connectivity index (χ0n) is 13.5. The Kier molecular flexibility index (Phi) is 6.54. The van der Waals surface area contributed by atoms with Gasteiger partial charge in [-0.05, 0) is 29.3 Å². The number of esters is 1. The predicted molar refractivity (Wildman–Crippen MR) is 94.4 cm³/mol. The Morgan fingerprint density at radius 1 is 1.17 bits per heavy atom. The van der Waals surface area contributed by atoms with Crippen LogP contribution in [0.25, 0.3) is 11.6 Å². The number of aliphatic hydroxyl groups excluding tert-OH is 2. The summed E-state index contributed by atoms with van der Waals surface area (Å²) in [5.74, 6) is -0.394. The van der Waals surface area contributed by atoms with Gasteiger partial charge in [-0.1, -0.05) is 42.5 Å². The average molecular weight is 327 g/mol. The highest BCUT2D eigenvalue weighted by molar-refractivity contribution is 6.21.